The first-order valence-electron chi connectivity index (χ1n) is 10.1. The molecule has 0 atom stereocenters. The molecule has 174 valence electrons. The number of rotatable bonds is 9. The number of hydrogen-bond acceptors (Lipinski definition) is 8. The van der Waals surface area contributed by atoms with Crippen LogP contribution in [0.15, 0.2) is 42.5 Å². The molecule has 0 unspecified atom stereocenters. The SMILES string of the molecule is COc1cc(C(=O)OCCCC2(c3ccccc3)C(=O)NC(=O)NC2=O)cc(OC)c1OC. The fourth-order valence-electron chi connectivity index (χ4n) is 3.69. The summed E-state index contributed by atoms with van der Waals surface area (Å²) in [6, 6.07) is 10.5. The zero-order chi connectivity index (χ0) is 24.0. The topological polar surface area (TPSA) is 129 Å². The van der Waals surface area contributed by atoms with Crippen LogP contribution in [0, 0.1) is 0 Å². The van der Waals surface area contributed by atoms with E-state index in [1.54, 1.807) is 30.3 Å². The number of carbonyl (C=O) groups excluding carboxylic acids is 4. The molecule has 0 saturated carbocycles. The summed E-state index contributed by atoms with van der Waals surface area (Å²) in [6.45, 7) is -0.0708. The summed E-state index contributed by atoms with van der Waals surface area (Å²) >= 11 is 0. The van der Waals surface area contributed by atoms with Crippen molar-refractivity contribution < 1.29 is 38.1 Å². The van der Waals surface area contributed by atoms with Crippen molar-refractivity contribution in [2.75, 3.05) is 27.9 Å². The van der Waals surface area contributed by atoms with E-state index in [0.717, 1.165) is 0 Å². The van der Waals surface area contributed by atoms with Gasteiger partial charge in [-0.05, 0) is 30.5 Å². The van der Waals surface area contributed by atoms with Gasteiger partial charge >= 0.3 is 12.0 Å². The van der Waals surface area contributed by atoms with Crippen molar-refractivity contribution in [3.8, 4) is 17.2 Å². The van der Waals surface area contributed by atoms with E-state index in [2.05, 4.69) is 10.6 Å². The van der Waals surface area contributed by atoms with Gasteiger partial charge < -0.3 is 18.9 Å². The number of amides is 4. The first-order chi connectivity index (χ1) is 15.9. The lowest BCUT2D eigenvalue weighted by atomic mass is 9.74. The van der Waals surface area contributed by atoms with Gasteiger partial charge in [-0.25, -0.2) is 9.59 Å². The van der Waals surface area contributed by atoms with Crippen LogP contribution in [0.1, 0.15) is 28.8 Å². The largest absolute Gasteiger partial charge is 0.493 e. The lowest BCUT2D eigenvalue weighted by Gasteiger charge is -2.34. The molecule has 33 heavy (non-hydrogen) atoms. The predicted molar refractivity (Wildman–Crippen MR) is 115 cm³/mol. The smallest absolute Gasteiger partial charge is 0.338 e. The number of nitrogens with one attached hydrogen (secondary N) is 2. The lowest BCUT2D eigenvalue weighted by Crippen LogP contribution is -2.64. The normalized spacial score (nSPS) is 14.7. The van der Waals surface area contributed by atoms with E-state index in [1.807, 2.05) is 0 Å². The number of benzene rings is 2. The maximum atomic E-state index is 12.7. The van der Waals surface area contributed by atoms with E-state index in [1.165, 1.54) is 33.5 Å². The second-order valence-corrected chi connectivity index (χ2v) is 7.16. The van der Waals surface area contributed by atoms with Crippen LogP contribution in [0.2, 0.25) is 0 Å². The summed E-state index contributed by atoms with van der Waals surface area (Å²) in [7, 11) is 4.31. The van der Waals surface area contributed by atoms with E-state index >= 15 is 0 Å². The molecule has 1 heterocycles. The van der Waals surface area contributed by atoms with Gasteiger partial charge in [0.25, 0.3) is 0 Å². The third kappa shape index (κ3) is 4.59. The van der Waals surface area contributed by atoms with Crippen LogP contribution in [0.4, 0.5) is 4.79 Å². The molecule has 4 amide bonds. The van der Waals surface area contributed by atoms with E-state index in [9.17, 15) is 19.2 Å². The van der Waals surface area contributed by atoms with Crippen molar-refractivity contribution in [1.29, 1.82) is 0 Å². The van der Waals surface area contributed by atoms with Crippen molar-refractivity contribution in [3.05, 3.63) is 53.6 Å². The number of imide groups is 2. The van der Waals surface area contributed by atoms with Gasteiger partial charge in [0.05, 0.1) is 33.5 Å². The Bertz CT molecular complexity index is 1020. The predicted octanol–water partition coefficient (Wildman–Crippen LogP) is 1.95. The molecule has 2 aromatic rings. The minimum atomic E-state index is -1.62. The fourth-order valence-corrected chi connectivity index (χ4v) is 3.69. The van der Waals surface area contributed by atoms with E-state index in [4.69, 9.17) is 18.9 Å². The van der Waals surface area contributed by atoms with Gasteiger partial charge in [-0.15, -0.1) is 0 Å². The molecule has 2 aromatic carbocycles. The molecule has 1 fully saturated rings. The number of methoxy groups -OCH3 is 3. The van der Waals surface area contributed by atoms with Crippen LogP contribution in [0.25, 0.3) is 0 Å². The van der Waals surface area contributed by atoms with E-state index in [0.29, 0.717) is 22.8 Å². The fraction of sp³-hybridized carbons (Fsp3) is 0.304. The Balaban J connectivity index is 1.73. The molecule has 1 aliphatic rings. The van der Waals surface area contributed by atoms with Crippen LogP contribution in [0.3, 0.4) is 0 Å². The quantitative estimate of drug-likeness (QED) is 0.333. The highest BCUT2D eigenvalue weighted by Crippen LogP contribution is 2.38. The lowest BCUT2D eigenvalue weighted by molar-refractivity contribution is -0.139. The number of barbiturate groups is 1. The van der Waals surface area contributed by atoms with Gasteiger partial charge in [0, 0.05) is 0 Å². The van der Waals surface area contributed by atoms with E-state index < -0.39 is 29.2 Å². The Labute approximate surface area is 190 Å². The van der Waals surface area contributed by atoms with Crippen molar-refractivity contribution in [2.24, 2.45) is 0 Å². The number of ether oxygens (including phenoxy) is 4. The van der Waals surface area contributed by atoms with Crippen molar-refractivity contribution in [3.63, 3.8) is 0 Å². The van der Waals surface area contributed by atoms with Gasteiger partial charge in [0.1, 0.15) is 0 Å². The molecule has 3 rings (SSSR count). The maximum Gasteiger partial charge on any atom is 0.338 e. The standard InChI is InChI=1S/C23H24N2O8/c1-30-16-12-14(13-17(31-2)18(16)32-3)19(26)33-11-7-10-23(15-8-5-4-6-9-15)20(27)24-22(29)25-21(23)28/h4-6,8-9,12-13H,7,10-11H2,1-3H3,(H2,24,25,27,28,29). The van der Waals surface area contributed by atoms with Crippen molar-refractivity contribution in [2.45, 2.75) is 18.3 Å². The second kappa shape index (κ2) is 10.0. The summed E-state index contributed by atoms with van der Waals surface area (Å²) in [5, 5.41) is 4.31. The first-order valence-corrected chi connectivity index (χ1v) is 10.1. The molecular weight excluding hydrogens is 432 g/mol. The molecule has 0 radical (unpaired) electrons. The average Bonchev–Trinajstić information content (AvgIpc) is 2.82. The minimum absolute atomic E-state index is 0.0183. The zero-order valence-corrected chi connectivity index (χ0v) is 18.4. The van der Waals surface area contributed by atoms with Crippen molar-refractivity contribution in [1.82, 2.24) is 10.6 Å². The Morgan fingerprint density at radius 3 is 1.97 bits per heavy atom. The second-order valence-electron chi connectivity index (χ2n) is 7.16. The molecule has 0 aromatic heterocycles. The summed E-state index contributed by atoms with van der Waals surface area (Å²) in [6.07, 6.45) is 0.199. The van der Waals surface area contributed by atoms with Crippen LogP contribution in [-0.2, 0) is 19.7 Å². The number of urea groups is 1. The Hall–Kier alpha value is -4.08. The van der Waals surface area contributed by atoms with Crippen molar-refractivity contribution >= 4 is 23.8 Å². The summed E-state index contributed by atoms with van der Waals surface area (Å²) in [5.41, 5.74) is -1.00. The van der Waals surface area contributed by atoms with E-state index in [-0.39, 0.29) is 25.0 Å². The minimum Gasteiger partial charge on any atom is -0.493 e. The monoisotopic (exact) mass is 456 g/mol. The average molecular weight is 456 g/mol. The molecule has 2 N–H and O–H groups in total. The highest BCUT2D eigenvalue weighted by atomic mass is 16.5. The number of carbonyl (C=O) groups is 4. The molecular formula is C23H24N2O8. The molecule has 0 aliphatic carbocycles. The molecule has 0 bridgehead atoms. The Morgan fingerprint density at radius 1 is 0.879 bits per heavy atom. The van der Waals surface area contributed by atoms with Gasteiger partial charge in [0.15, 0.2) is 16.9 Å². The summed E-state index contributed by atoms with van der Waals surface area (Å²) in [5.74, 6) is -1.16. The van der Waals surface area contributed by atoms with Crippen LogP contribution < -0.4 is 24.8 Å². The maximum absolute atomic E-state index is 12.7. The summed E-state index contributed by atoms with van der Waals surface area (Å²) < 4.78 is 21.1. The van der Waals surface area contributed by atoms with Crippen LogP contribution in [0.5, 0.6) is 17.2 Å². The Kier molecular flexibility index (Phi) is 7.17. The Morgan fingerprint density at radius 2 is 1.45 bits per heavy atom. The first kappa shape index (κ1) is 23.6. The van der Waals surface area contributed by atoms with Gasteiger partial charge in [-0.1, -0.05) is 30.3 Å². The van der Waals surface area contributed by atoms with Crippen LogP contribution in [-0.4, -0.2) is 51.8 Å². The molecule has 0 spiro atoms. The van der Waals surface area contributed by atoms with Gasteiger partial charge in [-0.3, -0.25) is 20.2 Å². The highest BCUT2D eigenvalue weighted by Gasteiger charge is 2.51. The number of esters is 1. The van der Waals surface area contributed by atoms with Gasteiger partial charge in [0.2, 0.25) is 17.6 Å². The zero-order valence-electron chi connectivity index (χ0n) is 18.4. The molecule has 10 heteroatoms. The molecule has 1 saturated heterocycles. The number of hydrogen-bond donors (Lipinski definition) is 2. The third-order valence-corrected chi connectivity index (χ3v) is 5.33. The molecule has 10 nitrogen and oxygen atoms in total. The van der Waals surface area contributed by atoms with Crippen LogP contribution >= 0.6 is 0 Å². The third-order valence-electron chi connectivity index (χ3n) is 5.33. The highest BCUT2D eigenvalue weighted by molar-refractivity contribution is 6.22. The summed E-state index contributed by atoms with van der Waals surface area (Å²) in [4.78, 5) is 49.6. The van der Waals surface area contributed by atoms with Gasteiger partial charge in [-0.2, -0.15) is 0 Å². The molecule has 1 aliphatic heterocycles.